The van der Waals surface area contributed by atoms with Gasteiger partial charge in [-0.1, -0.05) is 65.7 Å². The highest BCUT2D eigenvalue weighted by molar-refractivity contribution is 6.33. The van der Waals surface area contributed by atoms with Gasteiger partial charge in [-0.15, -0.1) is 0 Å². The number of hydrogen-bond acceptors (Lipinski definition) is 6. The summed E-state index contributed by atoms with van der Waals surface area (Å²) in [6.07, 6.45) is 4.65. The van der Waals surface area contributed by atoms with E-state index < -0.39 is 0 Å². The number of aromatic nitrogens is 3. The molecule has 186 valence electrons. The number of anilines is 1. The Morgan fingerprint density at radius 3 is 2.42 bits per heavy atom. The van der Waals surface area contributed by atoms with Crippen molar-refractivity contribution in [3.63, 3.8) is 0 Å². The second-order valence-corrected chi connectivity index (χ2v) is 9.39. The molecule has 0 spiro atoms. The number of rotatable bonds is 11. The summed E-state index contributed by atoms with van der Waals surface area (Å²) in [5, 5.41) is 17.6. The number of nitrogens with one attached hydrogen (secondary N) is 2. The van der Waals surface area contributed by atoms with Crippen LogP contribution in [0.15, 0.2) is 72.9 Å². The lowest BCUT2D eigenvalue weighted by molar-refractivity contribution is 0.475. The number of hydrogen-bond donors (Lipinski definition) is 3. The smallest absolute Gasteiger partial charge is 0.180 e. The molecule has 3 N–H and O–H groups in total. The lowest BCUT2D eigenvalue weighted by Crippen LogP contribution is -2.29. The van der Waals surface area contributed by atoms with Crippen LogP contribution in [0.2, 0.25) is 10.0 Å². The highest BCUT2D eigenvalue weighted by atomic mass is 35.5. The first-order valence-corrected chi connectivity index (χ1v) is 12.7. The van der Waals surface area contributed by atoms with Crippen molar-refractivity contribution in [2.24, 2.45) is 0 Å². The molecule has 4 rings (SSSR count). The van der Waals surface area contributed by atoms with Crippen LogP contribution in [0.4, 0.5) is 5.82 Å². The molecule has 0 saturated carbocycles. The molecular formula is C28H29Cl2N5O. The number of phenols is 1. The van der Waals surface area contributed by atoms with Crippen molar-refractivity contribution < 1.29 is 5.11 Å². The van der Waals surface area contributed by atoms with Crippen LogP contribution in [-0.2, 0) is 6.42 Å². The summed E-state index contributed by atoms with van der Waals surface area (Å²) in [4.78, 5) is 13.5. The van der Waals surface area contributed by atoms with Gasteiger partial charge in [-0.25, -0.2) is 9.97 Å². The molecule has 0 fully saturated rings. The van der Waals surface area contributed by atoms with Crippen molar-refractivity contribution >= 4 is 29.0 Å². The average molecular weight is 522 g/mol. The van der Waals surface area contributed by atoms with Crippen LogP contribution in [0.5, 0.6) is 5.75 Å². The van der Waals surface area contributed by atoms with E-state index in [-0.39, 0.29) is 6.04 Å². The fourth-order valence-corrected chi connectivity index (χ4v) is 4.15. The summed E-state index contributed by atoms with van der Waals surface area (Å²) in [6.45, 7) is 3.33. The molecule has 8 heteroatoms. The van der Waals surface area contributed by atoms with Crippen LogP contribution in [-0.4, -0.2) is 33.1 Å². The fourth-order valence-electron chi connectivity index (χ4n) is 3.88. The van der Waals surface area contributed by atoms with Crippen molar-refractivity contribution in [1.82, 2.24) is 20.3 Å². The van der Waals surface area contributed by atoms with Crippen LogP contribution in [0.3, 0.4) is 0 Å². The Labute approximate surface area is 221 Å². The van der Waals surface area contributed by atoms with Gasteiger partial charge >= 0.3 is 0 Å². The van der Waals surface area contributed by atoms with Crippen molar-refractivity contribution in [3.05, 3.63) is 99.8 Å². The maximum atomic E-state index is 9.44. The van der Waals surface area contributed by atoms with E-state index in [2.05, 4.69) is 37.7 Å². The third-order valence-corrected chi connectivity index (χ3v) is 6.54. The third kappa shape index (κ3) is 7.17. The molecule has 1 atom stereocenters. The largest absolute Gasteiger partial charge is 0.508 e. The molecule has 6 nitrogen and oxygen atoms in total. The molecule has 0 bridgehead atoms. The zero-order valence-electron chi connectivity index (χ0n) is 20.1. The molecule has 2 aromatic heterocycles. The molecule has 0 unspecified atom stereocenters. The fraction of sp³-hybridized carbons (Fsp3) is 0.250. The van der Waals surface area contributed by atoms with Crippen LogP contribution in [0.25, 0.3) is 11.5 Å². The van der Waals surface area contributed by atoms with Crippen LogP contribution in [0.1, 0.15) is 35.7 Å². The molecule has 2 heterocycles. The first-order valence-electron chi connectivity index (χ1n) is 12.0. The minimum absolute atomic E-state index is 0.0725. The quantitative estimate of drug-likeness (QED) is 0.192. The Morgan fingerprint density at radius 2 is 1.69 bits per heavy atom. The van der Waals surface area contributed by atoms with E-state index in [1.807, 2.05) is 37.3 Å². The van der Waals surface area contributed by atoms with Gasteiger partial charge in [0, 0.05) is 18.8 Å². The lowest BCUT2D eigenvalue weighted by Gasteiger charge is -2.21. The van der Waals surface area contributed by atoms with E-state index in [0.717, 1.165) is 25.8 Å². The Balaban J connectivity index is 1.40. The average Bonchev–Trinajstić information content (AvgIpc) is 2.90. The van der Waals surface area contributed by atoms with Gasteiger partial charge in [-0.05, 0) is 68.1 Å². The van der Waals surface area contributed by atoms with Crippen LogP contribution >= 0.6 is 23.2 Å². The first-order chi connectivity index (χ1) is 17.5. The van der Waals surface area contributed by atoms with Crippen LogP contribution < -0.4 is 10.6 Å². The second-order valence-electron chi connectivity index (χ2n) is 8.58. The molecule has 2 aromatic carbocycles. The number of halogens is 2. The number of aromatic hydroxyl groups is 1. The lowest BCUT2D eigenvalue weighted by atomic mass is 10.1. The molecule has 0 saturated heterocycles. The Morgan fingerprint density at radius 1 is 0.917 bits per heavy atom. The molecule has 0 aliphatic carbocycles. The number of unbranched alkanes of at least 4 members (excludes halogenated alkanes) is 1. The summed E-state index contributed by atoms with van der Waals surface area (Å²) in [6, 6.07) is 21.4. The summed E-state index contributed by atoms with van der Waals surface area (Å²) in [5.74, 6) is 1.37. The van der Waals surface area contributed by atoms with Crippen LogP contribution in [0, 0.1) is 6.92 Å². The third-order valence-electron chi connectivity index (χ3n) is 5.87. The highest BCUT2D eigenvalue weighted by Crippen LogP contribution is 2.27. The first kappa shape index (κ1) is 25.9. The summed E-state index contributed by atoms with van der Waals surface area (Å²) in [7, 11) is 0. The summed E-state index contributed by atoms with van der Waals surface area (Å²) >= 11 is 12.5. The maximum absolute atomic E-state index is 9.44. The predicted octanol–water partition coefficient (Wildman–Crippen LogP) is 6.63. The van der Waals surface area contributed by atoms with Gasteiger partial charge in [0.1, 0.15) is 22.3 Å². The second kappa shape index (κ2) is 12.7. The predicted molar refractivity (Wildman–Crippen MR) is 147 cm³/mol. The molecule has 0 aliphatic heterocycles. The van der Waals surface area contributed by atoms with E-state index in [0.29, 0.717) is 45.4 Å². The molecule has 4 aromatic rings. The summed E-state index contributed by atoms with van der Waals surface area (Å²) in [5.41, 5.74) is 3.73. The molecule has 0 radical (unpaired) electrons. The van der Waals surface area contributed by atoms with E-state index in [9.17, 15) is 5.11 Å². The van der Waals surface area contributed by atoms with Crippen molar-refractivity contribution in [2.75, 3.05) is 18.4 Å². The molecule has 36 heavy (non-hydrogen) atoms. The van der Waals surface area contributed by atoms with E-state index >= 15 is 0 Å². The number of phenolic OH excluding ortho intramolecular Hbond substituents is 1. The van der Waals surface area contributed by atoms with Crippen molar-refractivity contribution in [1.29, 1.82) is 0 Å². The minimum Gasteiger partial charge on any atom is -0.508 e. The topological polar surface area (TPSA) is 83.0 Å². The van der Waals surface area contributed by atoms with Gasteiger partial charge in [0.2, 0.25) is 0 Å². The number of nitrogens with zero attached hydrogens (tertiary/aromatic N) is 3. The van der Waals surface area contributed by atoms with Gasteiger partial charge in [-0.2, -0.15) is 0 Å². The van der Waals surface area contributed by atoms with Gasteiger partial charge in [0.05, 0.1) is 10.7 Å². The molecule has 0 amide bonds. The normalized spacial score (nSPS) is 11.9. The van der Waals surface area contributed by atoms with E-state index in [4.69, 9.17) is 23.2 Å². The van der Waals surface area contributed by atoms with E-state index in [1.165, 1.54) is 11.1 Å². The SMILES string of the molecule is Cc1nc(-c2ccc(Cl)cn2)nc(NC[C@H](NCCCCc2ccc(O)cc2)c2ccccc2)c1Cl. The number of pyridine rings is 1. The van der Waals surface area contributed by atoms with Crippen molar-refractivity contribution in [3.8, 4) is 17.3 Å². The Hall–Kier alpha value is -3.19. The molecule has 0 aliphatic rings. The van der Waals surface area contributed by atoms with Crippen molar-refractivity contribution in [2.45, 2.75) is 32.2 Å². The number of aryl methyl sites for hydroxylation is 2. The number of benzene rings is 2. The van der Waals surface area contributed by atoms with Gasteiger partial charge in [-0.3, -0.25) is 4.98 Å². The highest BCUT2D eigenvalue weighted by Gasteiger charge is 2.15. The minimum atomic E-state index is 0.0725. The monoisotopic (exact) mass is 521 g/mol. The zero-order valence-corrected chi connectivity index (χ0v) is 21.6. The van der Waals surface area contributed by atoms with Gasteiger partial charge in [0.15, 0.2) is 5.82 Å². The standard InChI is InChI=1S/C28H29Cl2N5O/c1-19-26(30)28(35-27(34-19)24-15-12-22(29)17-32-24)33-18-25(21-8-3-2-4-9-21)31-16-6-5-7-20-10-13-23(36)14-11-20/h2-4,8-15,17,25,31,36H,5-7,16,18H2,1H3,(H,33,34,35)/t25-/m0/s1. The Kier molecular flexibility index (Phi) is 9.11. The summed E-state index contributed by atoms with van der Waals surface area (Å²) < 4.78 is 0. The Bertz CT molecular complexity index is 1250. The van der Waals surface area contributed by atoms with Gasteiger partial charge < -0.3 is 15.7 Å². The maximum Gasteiger partial charge on any atom is 0.180 e. The molecular weight excluding hydrogens is 493 g/mol. The van der Waals surface area contributed by atoms with Gasteiger partial charge in [0.25, 0.3) is 0 Å². The zero-order chi connectivity index (χ0) is 25.3. The van der Waals surface area contributed by atoms with E-state index in [1.54, 1.807) is 30.5 Å².